The molecule has 2 aliphatic heterocycles. The maximum atomic E-state index is 11.7. The van der Waals surface area contributed by atoms with Crippen molar-refractivity contribution in [3.05, 3.63) is 59.8 Å². The van der Waals surface area contributed by atoms with Crippen molar-refractivity contribution < 1.29 is 9.53 Å². The zero-order valence-electron chi connectivity index (χ0n) is 15.5. The second kappa shape index (κ2) is 7.66. The van der Waals surface area contributed by atoms with E-state index in [9.17, 15) is 4.79 Å². The first-order chi connectivity index (χ1) is 13.2. The zero-order chi connectivity index (χ0) is 18.7. The molecule has 6 heteroatoms. The van der Waals surface area contributed by atoms with E-state index in [-0.39, 0.29) is 5.41 Å². The lowest BCUT2D eigenvalue weighted by Crippen LogP contribution is -2.51. The van der Waals surface area contributed by atoms with E-state index >= 15 is 0 Å². The van der Waals surface area contributed by atoms with Gasteiger partial charge in [-0.2, -0.15) is 0 Å². The average Bonchev–Trinajstić information content (AvgIpc) is 3.19. The molecule has 0 aliphatic carbocycles. The van der Waals surface area contributed by atoms with Crippen molar-refractivity contribution in [3.63, 3.8) is 0 Å². The Labute approximate surface area is 159 Å². The number of carbonyl (C=O) groups excluding carboxylic acids is 1. The molecule has 0 spiro atoms. The van der Waals surface area contributed by atoms with Gasteiger partial charge in [0.15, 0.2) is 0 Å². The summed E-state index contributed by atoms with van der Waals surface area (Å²) >= 11 is 0. The van der Waals surface area contributed by atoms with Crippen LogP contribution < -0.4 is 10.6 Å². The van der Waals surface area contributed by atoms with E-state index in [0.717, 1.165) is 52.4 Å². The minimum atomic E-state index is -0.424. The van der Waals surface area contributed by atoms with Crippen LogP contribution in [0.5, 0.6) is 0 Å². The molecule has 3 heterocycles. The number of benzene rings is 1. The van der Waals surface area contributed by atoms with E-state index < -0.39 is 5.91 Å². The number of piperazine rings is 1. The predicted molar refractivity (Wildman–Crippen MR) is 105 cm³/mol. The van der Waals surface area contributed by atoms with Gasteiger partial charge in [0.25, 0.3) is 5.91 Å². The smallest absolute Gasteiger partial charge is 0.252 e. The molecule has 2 fully saturated rings. The van der Waals surface area contributed by atoms with Gasteiger partial charge in [0.1, 0.15) is 5.82 Å². The number of carbonyl (C=O) groups is 1. The maximum absolute atomic E-state index is 11.7. The Bertz CT molecular complexity index is 782. The Morgan fingerprint density at radius 2 is 1.89 bits per heavy atom. The van der Waals surface area contributed by atoms with Crippen LogP contribution in [-0.4, -0.2) is 61.7 Å². The lowest BCUT2D eigenvalue weighted by molar-refractivity contribution is 0.1000. The van der Waals surface area contributed by atoms with Crippen molar-refractivity contribution >= 4 is 11.7 Å². The van der Waals surface area contributed by atoms with Crippen LogP contribution in [0.4, 0.5) is 5.82 Å². The molecule has 142 valence electrons. The van der Waals surface area contributed by atoms with Crippen molar-refractivity contribution in [2.45, 2.75) is 11.8 Å². The Hall–Kier alpha value is -2.44. The molecule has 2 N–H and O–H groups in total. The molecule has 6 nitrogen and oxygen atoms in total. The van der Waals surface area contributed by atoms with Crippen LogP contribution in [0.3, 0.4) is 0 Å². The lowest BCUT2D eigenvalue weighted by atomic mass is 9.79. The minimum Gasteiger partial charge on any atom is -0.380 e. The number of rotatable bonds is 5. The summed E-state index contributed by atoms with van der Waals surface area (Å²) in [5, 5.41) is 0. The van der Waals surface area contributed by atoms with Crippen LogP contribution in [0.2, 0.25) is 0 Å². The molecular weight excluding hydrogens is 340 g/mol. The SMILES string of the molecule is NC(=O)c1cccnc1N1CCN(CC2(c3ccccc3)CCOC2)CC1. The summed E-state index contributed by atoms with van der Waals surface area (Å²) in [6.45, 7) is 6.14. The largest absolute Gasteiger partial charge is 0.380 e. The van der Waals surface area contributed by atoms with Crippen LogP contribution in [0.15, 0.2) is 48.7 Å². The number of hydrogen-bond donors (Lipinski definition) is 1. The molecule has 1 atom stereocenters. The molecule has 2 saturated heterocycles. The van der Waals surface area contributed by atoms with E-state index in [0.29, 0.717) is 11.4 Å². The van der Waals surface area contributed by atoms with Gasteiger partial charge in [-0.1, -0.05) is 30.3 Å². The van der Waals surface area contributed by atoms with Crippen LogP contribution in [0.1, 0.15) is 22.3 Å². The summed E-state index contributed by atoms with van der Waals surface area (Å²) in [7, 11) is 0. The van der Waals surface area contributed by atoms with Gasteiger partial charge in [0, 0.05) is 50.9 Å². The van der Waals surface area contributed by atoms with Crippen molar-refractivity contribution in [1.82, 2.24) is 9.88 Å². The van der Waals surface area contributed by atoms with Crippen LogP contribution in [-0.2, 0) is 10.2 Å². The van der Waals surface area contributed by atoms with E-state index in [2.05, 4.69) is 45.1 Å². The Morgan fingerprint density at radius 1 is 1.11 bits per heavy atom. The third-order valence-corrected chi connectivity index (χ3v) is 5.74. The standard InChI is InChI=1S/C21H26N4O2/c22-19(26)18-7-4-9-23-20(18)25-12-10-24(11-13-25)15-21(8-14-27-16-21)17-5-2-1-3-6-17/h1-7,9H,8,10-16H2,(H2,22,26). The number of pyridine rings is 1. The number of nitrogens with zero attached hydrogens (tertiary/aromatic N) is 3. The number of amides is 1. The molecule has 0 saturated carbocycles. The topological polar surface area (TPSA) is 71.7 Å². The number of anilines is 1. The molecule has 2 aliphatic rings. The van der Waals surface area contributed by atoms with Gasteiger partial charge in [0.2, 0.25) is 0 Å². The number of hydrogen-bond acceptors (Lipinski definition) is 5. The average molecular weight is 366 g/mol. The summed E-state index contributed by atoms with van der Waals surface area (Å²) < 4.78 is 5.79. The van der Waals surface area contributed by atoms with E-state index in [4.69, 9.17) is 10.5 Å². The second-order valence-corrected chi connectivity index (χ2v) is 7.45. The number of aromatic nitrogens is 1. The van der Waals surface area contributed by atoms with E-state index in [1.807, 2.05) is 0 Å². The number of ether oxygens (including phenoxy) is 1. The Morgan fingerprint density at radius 3 is 2.56 bits per heavy atom. The normalized spacial score (nSPS) is 23.5. The lowest BCUT2D eigenvalue weighted by Gasteiger charge is -2.40. The van der Waals surface area contributed by atoms with Crippen molar-refractivity contribution in [1.29, 1.82) is 0 Å². The molecule has 1 unspecified atom stereocenters. The molecule has 4 rings (SSSR count). The molecular formula is C21H26N4O2. The van der Waals surface area contributed by atoms with Crippen LogP contribution in [0.25, 0.3) is 0 Å². The molecule has 0 radical (unpaired) electrons. The molecule has 0 bridgehead atoms. The van der Waals surface area contributed by atoms with Gasteiger partial charge in [0.05, 0.1) is 12.2 Å². The summed E-state index contributed by atoms with van der Waals surface area (Å²) in [5.74, 6) is 0.276. The van der Waals surface area contributed by atoms with Gasteiger partial charge in [-0.3, -0.25) is 9.69 Å². The van der Waals surface area contributed by atoms with Gasteiger partial charge >= 0.3 is 0 Å². The third kappa shape index (κ3) is 3.68. The predicted octanol–water partition coefficient (Wildman–Crippen LogP) is 1.66. The van der Waals surface area contributed by atoms with Crippen molar-refractivity contribution in [2.75, 3.05) is 50.8 Å². The van der Waals surface area contributed by atoms with Crippen molar-refractivity contribution in [3.8, 4) is 0 Å². The van der Waals surface area contributed by atoms with Crippen LogP contribution in [0, 0.1) is 0 Å². The fourth-order valence-electron chi connectivity index (χ4n) is 4.23. The summed E-state index contributed by atoms with van der Waals surface area (Å²) in [4.78, 5) is 20.8. The molecule has 2 aromatic rings. The maximum Gasteiger partial charge on any atom is 0.252 e. The quantitative estimate of drug-likeness (QED) is 0.871. The van der Waals surface area contributed by atoms with Crippen LogP contribution >= 0.6 is 0 Å². The monoisotopic (exact) mass is 366 g/mol. The Kier molecular flexibility index (Phi) is 5.09. The highest BCUT2D eigenvalue weighted by Gasteiger charge is 2.39. The highest BCUT2D eigenvalue weighted by atomic mass is 16.5. The fourth-order valence-corrected chi connectivity index (χ4v) is 4.23. The molecule has 1 amide bonds. The van der Waals surface area contributed by atoms with Gasteiger partial charge in [-0.05, 0) is 24.1 Å². The molecule has 1 aromatic carbocycles. The highest BCUT2D eigenvalue weighted by molar-refractivity contribution is 5.97. The highest BCUT2D eigenvalue weighted by Crippen LogP contribution is 2.34. The van der Waals surface area contributed by atoms with Crippen molar-refractivity contribution in [2.24, 2.45) is 5.73 Å². The number of nitrogens with two attached hydrogens (primary N) is 1. The van der Waals surface area contributed by atoms with E-state index in [1.165, 1.54) is 5.56 Å². The summed E-state index contributed by atoms with van der Waals surface area (Å²) in [6.07, 6.45) is 2.78. The van der Waals surface area contributed by atoms with E-state index in [1.54, 1.807) is 18.3 Å². The molecule has 27 heavy (non-hydrogen) atoms. The zero-order valence-corrected chi connectivity index (χ0v) is 15.5. The summed E-state index contributed by atoms with van der Waals surface area (Å²) in [6, 6.07) is 14.2. The van der Waals surface area contributed by atoms with Gasteiger partial charge < -0.3 is 15.4 Å². The summed E-state index contributed by atoms with van der Waals surface area (Å²) in [5.41, 5.74) is 7.45. The molecule has 1 aromatic heterocycles. The Balaban J connectivity index is 1.45. The second-order valence-electron chi connectivity index (χ2n) is 7.45. The van der Waals surface area contributed by atoms with Gasteiger partial charge in [-0.15, -0.1) is 0 Å². The fraction of sp³-hybridized carbons (Fsp3) is 0.429. The minimum absolute atomic E-state index is 0.0762. The first-order valence-electron chi connectivity index (χ1n) is 9.53. The first kappa shape index (κ1) is 17.9. The first-order valence-corrected chi connectivity index (χ1v) is 9.53. The van der Waals surface area contributed by atoms with Gasteiger partial charge in [-0.25, -0.2) is 4.98 Å². The number of primary amides is 1. The third-order valence-electron chi connectivity index (χ3n) is 5.74.